The molecule has 0 radical (unpaired) electrons. The van der Waals surface area contributed by atoms with Crippen molar-refractivity contribution < 1.29 is 5.11 Å². The van der Waals surface area contributed by atoms with Crippen molar-refractivity contribution in [2.24, 2.45) is 0 Å². The van der Waals surface area contributed by atoms with Gasteiger partial charge in [-0.05, 0) is 48.4 Å². The Kier molecular flexibility index (Phi) is 4.72. The smallest absolute Gasteiger partial charge is 0.277 e. The zero-order valence-corrected chi connectivity index (χ0v) is 15.4. The van der Waals surface area contributed by atoms with Crippen molar-refractivity contribution in [1.82, 2.24) is 14.5 Å². The first-order valence-corrected chi connectivity index (χ1v) is 8.97. The maximum Gasteiger partial charge on any atom is 0.277 e. The summed E-state index contributed by atoms with van der Waals surface area (Å²) in [5.41, 5.74) is 4.51. The molecule has 0 unspecified atom stereocenters. The summed E-state index contributed by atoms with van der Waals surface area (Å²) in [7, 11) is 0. The Morgan fingerprint density at radius 1 is 1.00 bits per heavy atom. The summed E-state index contributed by atoms with van der Waals surface area (Å²) < 4.78 is 1.67. The second-order valence-electron chi connectivity index (χ2n) is 6.66. The van der Waals surface area contributed by atoms with Crippen LogP contribution < -0.4 is 5.56 Å². The van der Waals surface area contributed by atoms with E-state index in [1.54, 1.807) is 41.2 Å². The van der Waals surface area contributed by atoms with Crippen molar-refractivity contribution in [2.45, 2.75) is 13.5 Å². The van der Waals surface area contributed by atoms with Crippen LogP contribution >= 0.6 is 0 Å². The molecule has 0 aliphatic heterocycles. The van der Waals surface area contributed by atoms with Gasteiger partial charge in [-0.1, -0.05) is 35.9 Å². The van der Waals surface area contributed by atoms with Crippen molar-refractivity contribution in [3.63, 3.8) is 0 Å². The summed E-state index contributed by atoms with van der Waals surface area (Å²) >= 11 is 0. The van der Waals surface area contributed by atoms with Gasteiger partial charge < -0.3 is 9.67 Å². The van der Waals surface area contributed by atoms with Gasteiger partial charge >= 0.3 is 0 Å². The number of fused-ring (bicyclic) bond motifs is 1. The normalized spacial score (nSPS) is 11.3. The molecule has 1 N–H and O–H groups in total. The first-order chi connectivity index (χ1) is 13.6. The van der Waals surface area contributed by atoms with E-state index in [0.717, 1.165) is 11.1 Å². The molecular weight excluding hydrogens is 350 g/mol. The first kappa shape index (κ1) is 17.7. The maximum absolute atomic E-state index is 13.1. The number of nitrogens with zero attached hydrogens (tertiary/aromatic N) is 3. The summed E-state index contributed by atoms with van der Waals surface area (Å²) in [5, 5.41) is 9.85. The molecule has 0 atom stereocenters. The summed E-state index contributed by atoms with van der Waals surface area (Å²) in [6.07, 6.45) is 7.00. The van der Waals surface area contributed by atoms with Gasteiger partial charge in [0.25, 0.3) is 5.56 Å². The molecule has 0 amide bonds. The van der Waals surface area contributed by atoms with Gasteiger partial charge in [0, 0.05) is 18.5 Å². The number of phenolic OH excluding ortho intramolecular Hbond substituents is 1. The van der Waals surface area contributed by atoms with E-state index < -0.39 is 0 Å². The van der Waals surface area contributed by atoms with Gasteiger partial charge in [-0.2, -0.15) is 0 Å². The van der Waals surface area contributed by atoms with Crippen LogP contribution in [-0.2, 0) is 6.54 Å². The average molecular weight is 369 g/mol. The van der Waals surface area contributed by atoms with Gasteiger partial charge in [0.05, 0.1) is 17.6 Å². The van der Waals surface area contributed by atoms with Crippen LogP contribution in [0.15, 0.2) is 71.8 Å². The predicted molar refractivity (Wildman–Crippen MR) is 111 cm³/mol. The third-order valence-electron chi connectivity index (χ3n) is 4.56. The summed E-state index contributed by atoms with van der Waals surface area (Å²) in [5.74, 6) is 0.113. The Morgan fingerprint density at radius 3 is 2.50 bits per heavy atom. The van der Waals surface area contributed by atoms with E-state index in [0.29, 0.717) is 23.3 Å². The van der Waals surface area contributed by atoms with E-state index in [4.69, 9.17) is 0 Å². The lowest BCUT2D eigenvalue weighted by Gasteiger charge is -2.11. The molecule has 2 heterocycles. The summed E-state index contributed by atoms with van der Waals surface area (Å²) in [4.78, 5) is 21.6. The van der Waals surface area contributed by atoms with Crippen LogP contribution in [0.4, 0.5) is 0 Å². The molecule has 0 bridgehead atoms. The highest BCUT2D eigenvalue weighted by Gasteiger charge is 2.10. The quantitative estimate of drug-likeness (QED) is 0.590. The molecule has 0 aliphatic rings. The first-order valence-electron chi connectivity index (χ1n) is 8.97. The molecule has 0 aliphatic carbocycles. The average Bonchev–Trinajstić information content (AvgIpc) is 2.71. The molecule has 4 aromatic rings. The fourth-order valence-corrected chi connectivity index (χ4v) is 3.04. The van der Waals surface area contributed by atoms with Crippen LogP contribution in [0.25, 0.3) is 23.2 Å². The SMILES string of the molecule is Cc1ccc(/C=C/c2nc3cc(O)ccc3n(Cc3ccncc3)c2=O)cc1. The zero-order valence-electron chi connectivity index (χ0n) is 15.4. The second-order valence-corrected chi connectivity index (χ2v) is 6.66. The van der Waals surface area contributed by atoms with Crippen molar-refractivity contribution >= 4 is 23.2 Å². The number of aromatic nitrogens is 3. The molecule has 4 rings (SSSR count). The molecule has 0 saturated carbocycles. The maximum atomic E-state index is 13.1. The fraction of sp³-hybridized carbons (Fsp3) is 0.0870. The van der Waals surface area contributed by atoms with Crippen LogP contribution in [0.5, 0.6) is 5.75 Å². The highest BCUT2D eigenvalue weighted by molar-refractivity contribution is 5.79. The van der Waals surface area contributed by atoms with E-state index in [1.807, 2.05) is 49.4 Å². The van der Waals surface area contributed by atoms with Crippen molar-refractivity contribution in [1.29, 1.82) is 0 Å². The second kappa shape index (κ2) is 7.48. The van der Waals surface area contributed by atoms with E-state index in [9.17, 15) is 9.90 Å². The van der Waals surface area contributed by atoms with Gasteiger partial charge in [-0.15, -0.1) is 0 Å². The van der Waals surface area contributed by atoms with Crippen molar-refractivity contribution in [3.05, 3.63) is 99.7 Å². The summed E-state index contributed by atoms with van der Waals surface area (Å²) in [6, 6.07) is 16.6. The van der Waals surface area contributed by atoms with Crippen molar-refractivity contribution in [2.75, 3.05) is 0 Å². The number of phenols is 1. The van der Waals surface area contributed by atoms with Gasteiger partial charge in [0.1, 0.15) is 11.4 Å². The zero-order chi connectivity index (χ0) is 19.5. The third-order valence-corrected chi connectivity index (χ3v) is 4.56. The lowest BCUT2D eigenvalue weighted by molar-refractivity contribution is 0.476. The predicted octanol–water partition coefficient (Wildman–Crippen LogP) is 4.02. The van der Waals surface area contributed by atoms with Crippen LogP contribution in [0.3, 0.4) is 0 Å². The number of aromatic hydroxyl groups is 1. The lowest BCUT2D eigenvalue weighted by atomic mass is 10.1. The molecule has 138 valence electrons. The number of pyridine rings is 1. The fourth-order valence-electron chi connectivity index (χ4n) is 3.04. The van der Waals surface area contributed by atoms with Crippen LogP contribution in [0, 0.1) is 6.92 Å². The Balaban J connectivity index is 1.83. The molecule has 0 fully saturated rings. The van der Waals surface area contributed by atoms with Crippen LogP contribution in [0.2, 0.25) is 0 Å². The Morgan fingerprint density at radius 2 is 1.75 bits per heavy atom. The number of aryl methyl sites for hydroxylation is 1. The Hall–Kier alpha value is -3.73. The largest absolute Gasteiger partial charge is 0.508 e. The molecule has 5 heteroatoms. The number of hydrogen-bond donors (Lipinski definition) is 1. The molecule has 2 aromatic carbocycles. The standard InChI is InChI=1S/C23H19N3O2/c1-16-2-4-17(5-3-16)6-8-20-23(28)26(15-18-10-12-24-13-11-18)22-9-7-19(27)14-21(22)25-20/h2-14,27H,15H2,1H3/b8-6+. The number of hydrogen-bond acceptors (Lipinski definition) is 4. The van der Waals surface area contributed by atoms with Crippen LogP contribution in [-0.4, -0.2) is 19.6 Å². The van der Waals surface area contributed by atoms with Gasteiger partial charge in [-0.3, -0.25) is 9.78 Å². The minimum Gasteiger partial charge on any atom is -0.508 e. The third kappa shape index (κ3) is 3.69. The molecule has 5 nitrogen and oxygen atoms in total. The molecule has 2 aromatic heterocycles. The van der Waals surface area contributed by atoms with Crippen LogP contribution in [0.1, 0.15) is 22.4 Å². The minimum absolute atomic E-state index is 0.113. The summed E-state index contributed by atoms with van der Waals surface area (Å²) in [6.45, 7) is 2.43. The van der Waals surface area contributed by atoms with E-state index in [-0.39, 0.29) is 11.3 Å². The molecule has 0 spiro atoms. The van der Waals surface area contributed by atoms with E-state index in [2.05, 4.69) is 9.97 Å². The molecule has 0 saturated heterocycles. The monoisotopic (exact) mass is 369 g/mol. The molecule has 28 heavy (non-hydrogen) atoms. The van der Waals surface area contributed by atoms with Gasteiger partial charge in [-0.25, -0.2) is 4.98 Å². The van der Waals surface area contributed by atoms with E-state index in [1.165, 1.54) is 5.56 Å². The number of rotatable bonds is 4. The minimum atomic E-state index is -0.182. The highest BCUT2D eigenvalue weighted by Crippen LogP contribution is 2.19. The topological polar surface area (TPSA) is 68.0 Å². The lowest BCUT2D eigenvalue weighted by Crippen LogP contribution is -2.24. The Bertz CT molecular complexity index is 1210. The van der Waals surface area contributed by atoms with Crippen molar-refractivity contribution in [3.8, 4) is 5.75 Å². The van der Waals surface area contributed by atoms with Gasteiger partial charge in [0.2, 0.25) is 0 Å². The number of benzene rings is 2. The van der Waals surface area contributed by atoms with Gasteiger partial charge in [0.15, 0.2) is 0 Å². The van der Waals surface area contributed by atoms with E-state index >= 15 is 0 Å². The molecular formula is C23H19N3O2. The highest BCUT2D eigenvalue weighted by atomic mass is 16.3. The Labute approximate surface area is 162 Å².